The molecule has 2 rings (SSSR count). The minimum absolute atomic E-state index is 0.129. The summed E-state index contributed by atoms with van der Waals surface area (Å²) in [5, 5.41) is 10.2. The van der Waals surface area contributed by atoms with E-state index in [-0.39, 0.29) is 24.0 Å². The second-order valence-electron chi connectivity index (χ2n) is 6.05. The zero-order valence-corrected chi connectivity index (χ0v) is 16.8. The first kappa shape index (κ1) is 22.0. The highest BCUT2D eigenvalue weighted by Crippen LogP contribution is 2.30. The fraction of sp³-hybridized carbons (Fsp3) is 0.263. The molecular formula is C19H21ClF2N4OS. The fourth-order valence-corrected chi connectivity index (χ4v) is 3.90. The van der Waals surface area contributed by atoms with E-state index >= 15 is 0 Å². The third kappa shape index (κ3) is 5.15. The first-order valence-electron chi connectivity index (χ1n) is 8.54. The molecule has 1 aromatic heterocycles. The number of thiophene rings is 1. The molecule has 1 heterocycles. The van der Waals surface area contributed by atoms with Crippen molar-refractivity contribution < 1.29 is 13.6 Å². The predicted octanol–water partition coefficient (Wildman–Crippen LogP) is 3.40. The van der Waals surface area contributed by atoms with Crippen LogP contribution in [0.15, 0.2) is 30.5 Å². The summed E-state index contributed by atoms with van der Waals surface area (Å²) < 4.78 is 26.5. The van der Waals surface area contributed by atoms with Crippen LogP contribution in [0.4, 0.5) is 8.78 Å². The predicted molar refractivity (Wildman–Crippen MR) is 110 cm³/mol. The van der Waals surface area contributed by atoms with Crippen LogP contribution in [0.5, 0.6) is 0 Å². The molecule has 0 saturated carbocycles. The van der Waals surface area contributed by atoms with Crippen molar-refractivity contribution >= 4 is 39.6 Å². The van der Waals surface area contributed by atoms with Crippen LogP contribution in [-0.2, 0) is 12.8 Å². The van der Waals surface area contributed by atoms with E-state index in [4.69, 9.17) is 28.5 Å². The van der Waals surface area contributed by atoms with Crippen LogP contribution in [0.1, 0.15) is 32.6 Å². The highest BCUT2D eigenvalue weighted by molar-refractivity contribution is 7.14. The Balaban J connectivity index is 2.19. The Morgan fingerprint density at radius 3 is 2.61 bits per heavy atom. The topological polar surface area (TPSA) is 105 Å². The molecule has 0 radical (unpaired) electrons. The maximum atomic E-state index is 13.4. The van der Waals surface area contributed by atoms with E-state index in [2.05, 4.69) is 5.32 Å². The van der Waals surface area contributed by atoms with Gasteiger partial charge in [0, 0.05) is 34.8 Å². The van der Waals surface area contributed by atoms with Gasteiger partial charge in [-0.25, -0.2) is 8.78 Å². The molecule has 1 amide bonds. The van der Waals surface area contributed by atoms with E-state index in [0.717, 1.165) is 17.0 Å². The lowest BCUT2D eigenvalue weighted by atomic mass is 10.0. The van der Waals surface area contributed by atoms with E-state index in [1.54, 1.807) is 6.07 Å². The number of amides is 1. The van der Waals surface area contributed by atoms with E-state index in [0.29, 0.717) is 28.0 Å². The minimum atomic E-state index is -0.945. The third-order valence-corrected chi connectivity index (χ3v) is 5.61. The standard InChI is InChI=1S/C19H21ClF2N4OS/c1-2-16-12(13(9-24)18(20)25)7-17(28-16)19(27)26-11(8-23)5-10-3-4-14(21)15(22)6-10/h3-4,6-7,9,11,25H,2,5,8,23-24H2,1H3,(H,26,27)/b13-9-,25-18?. The maximum Gasteiger partial charge on any atom is 0.261 e. The summed E-state index contributed by atoms with van der Waals surface area (Å²) >= 11 is 7.06. The molecule has 1 atom stereocenters. The number of aryl methyl sites for hydroxylation is 1. The molecular weight excluding hydrogens is 406 g/mol. The number of nitrogens with two attached hydrogens (primary N) is 2. The van der Waals surface area contributed by atoms with Gasteiger partial charge in [-0.05, 0) is 36.6 Å². The van der Waals surface area contributed by atoms with Crippen LogP contribution in [0.25, 0.3) is 5.57 Å². The third-order valence-electron chi connectivity index (χ3n) is 4.13. The molecule has 0 aliphatic carbocycles. The lowest BCUT2D eigenvalue weighted by Crippen LogP contribution is -2.41. The molecule has 28 heavy (non-hydrogen) atoms. The molecule has 0 bridgehead atoms. The average Bonchev–Trinajstić information content (AvgIpc) is 3.08. The zero-order valence-electron chi connectivity index (χ0n) is 15.2. The normalized spacial score (nSPS) is 12.7. The maximum absolute atomic E-state index is 13.4. The average molecular weight is 427 g/mol. The van der Waals surface area contributed by atoms with E-state index in [9.17, 15) is 13.6 Å². The van der Waals surface area contributed by atoms with Crippen LogP contribution < -0.4 is 16.8 Å². The van der Waals surface area contributed by atoms with Gasteiger partial charge in [0.05, 0.1) is 4.88 Å². The molecule has 0 fully saturated rings. The fourth-order valence-electron chi connectivity index (χ4n) is 2.71. The molecule has 6 N–H and O–H groups in total. The summed E-state index contributed by atoms with van der Waals surface area (Å²) in [7, 11) is 0. The van der Waals surface area contributed by atoms with Gasteiger partial charge in [0.25, 0.3) is 5.91 Å². The van der Waals surface area contributed by atoms with Crippen molar-refractivity contribution in [2.45, 2.75) is 25.8 Å². The Bertz CT molecular complexity index is 913. The lowest BCUT2D eigenvalue weighted by molar-refractivity contribution is 0.0942. The Morgan fingerprint density at radius 2 is 2.07 bits per heavy atom. The lowest BCUT2D eigenvalue weighted by Gasteiger charge is -2.16. The Morgan fingerprint density at radius 1 is 1.36 bits per heavy atom. The first-order valence-corrected chi connectivity index (χ1v) is 9.74. The van der Waals surface area contributed by atoms with Crippen LogP contribution in [-0.4, -0.2) is 23.7 Å². The van der Waals surface area contributed by atoms with Crippen LogP contribution in [0.3, 0.4) is 0 Å². The van der Waals surface area contributed by atoms with Gasteiger partial charge in [-0.15, -0.1) is 11.3 Å². The monoisotopic (exact) mass is 426 g/mol. The second-order valence-corrected chi connectivity index (χ2v) is 7.57. The molecule has 0 spiro atoms. The van der Waals surface area contributed by atoms with Gasteiger partial charge in [-0.2, -0.15) is 0 Å². The number of halogens is 3. The van der Waals surface area contributed by atoms with Gasteiger partial charge in [-0.3, -0.25) is 10.2 Å². The van der Waals surface area contributed by atoms with Gasteiger partial charge in [0.15, 0.2) is 11.6 Å². The van der Waals surface area contributed by atoms with Gasteiger partial charge >= 0.3 is 0 Å². The van der Waals surface area contributed by atoms with E-state index in [1.165, 1.54) is 23.6 Å². The summed E-state index contributed by atoms with van der Waals surface area (Å²) in [5.74, 6) is -2.22. The Labute approximate surface area is 170 Å². The van der Waals surface area contributed by atoms with Crippen molar-refractivity contribution in [3.05, 3.63) is 63.0 Å². The number of rotatable bonds is 8. The molecule has 0 aliphatic rings. The molecule has 150 valence electrons. The molecule has 1 aromatic carbocycles. The summed E-state index contributed by atoms with van der Waals surface area (Å²) in [5.41, 5.74) is 12.8. The smallest absolute Gasteiger partial charge is 0.261 e. The highest BCUT2D eigenvalue weighted by atomic mass is 35.5. The zero-order chi connectivity index (χ0) is 20.8. The number of allylic oxidation sites excluding steroid dienone is 1. The van der Waals surface area contributed by atoms with Crippen molar-refractivity contribution in [2.24, 2.45) is 11.5 Å². The van der Waals surface area contributed by atoms with E-state index in [1.807, 2.05) is 6.92 Å². The van der Waals surface area contributed by atoms with Crippen molar-refractivity contribution in [1.29, 1.82) is 5.41 Å². The van der Waals surface area contributed by atoms with Crippen molar-refractivity contribution in [3.63, 3.8) is 0 Å². The van der Waals surface area contributed by atoms with Crippen molar-refractivity contribution in [3.8, 4) is 0 Å². The van der Waals surface area contributed by atoms with E-state index < -0.39 is 17.7 Å². The van der Waals surface area contributed by atoms with Crippen molar-refractivity contribution in [1.82, 2.24) is 5.32 Å². The van der Waals surface area contributed by atoms with Crippen LogP contribution >= 0.6 is 22.9 Å². The number of nitrogens with one attached hydrogen (secondary N) is 2. The molecule has 9 heteroatoms. The summed E-state index contributed by atoms with van der Waals surface area (Å²) in [6, 6.07) is 4.77. The van der Waals surface area contributed by atoms with Gasteiger partial charge < -0.3 is 16.8 Å². The number of carbonyl (C=O) groups excluding carboxylic acids is 1. The first-order chi connectivity index (χ1) is 13.3. The molecule has 5 nitrogen and oxygen atoms in total. The number of hydrogen-bond acceptors (Lipinski definition) is 5. The number of benzene rings is 1. The molecule has 1 unspecified atom stereocenters. The SMILES string of the molecule is CCc1sc(C(=O)NC(CN)Cc2ccc(F)c(F)c2)cc1/C(=C/N)C(=N)Cl. The minimum Gasteiger partial charge on any atom is -0.404 e. The Kier molecular flexibility index (Phi) is 7.68. The second kappa shape index (κ2) is 9.77. The highest BCUT2D eigenvalue weighted by Gasteiger charge is 2.20. The summed E-state index contributed by atoms with van der Waals surface area (Å²) in [6.07, 6.45) is 2.15. The summed E-state index contributed by atoms with van der Waals surface area (Å²) in [4.78, 5) is 14.0. The van der Waals surface area contributed by atoms with Crippen LogP contribution in [0.2, 0.25) is 0 Å². The van der Waals surface area contributed by atoms with Crippen LogP contribution in [0, 0.1) is 17.0 Å². The number of hydrogen-bond donors (Lipinski definition) is 4. The molecule has 2 aromatic rings. The quantitative estimate of drug-likeness (QED) is 0.486. The largest absolute Gasteiger partial charge is 0.404 e. The van der Waals surface area contributed by atoms with Crippen molar-refractivity contribution in [2.75, 3.05) is 6.54 Å². The van der Waals surface area contributed by atoms with Gasteiger partial charge in [-0.1, -0.05) is 24.6 Å². The van der Waals surface area contributed by atoms with Gasteiger partial charge in [0.1, 0.15) is 5.17 Å². The summed E-state index contributed by atoms with van der Waals surface area (Å²) in [6.45, 7) is 2.05. The van der Waals surface area contributed by atoms with Gasteiger partial charge in [0.2, 0.25) is 0 Å². The Hall–Kier alpha value is -2.29. The molecule has 0 saturated heterocycles. The molecule has 0 aliphatic heterocycles. The number of carbonyl (C=O) groups is 1.